The molecular weight excluding hydrogens is 424 g/mol. The van der Waals surface area contributed by atoms with Gasteiger partial charge in [0.1, 0.15) is 10.6 Å². The number of carbonyl (C=O) groups is 1. The van der Waals surface area contributed by atoms with Gasteiger partial charge in [-0.3, -0.25) is 4.79 Å². The van der Waals surface area contributed by atoms with Gasteiger partial charge in [-0.15, -0.1) is 0 Å². The summed E-state index contributed by atoms with van der Waals surface area (Å²) in [5.41, 5.74) is 1.62. The highest BCUT2D eigenvalue weighted by Crippen LogP contribution is 2.26. The maximum Gasteiger partial charge on any atom is 0.255 e. The summed E-state index contributed by atoms with van der Waals surface area (Å²) in [5.74, 6) is -0.331. The predicted octanol–water partition coefficient (Wildman–Crippen LogP) is 4.12. The summed E-state index contributed by atoms with van der Waals surface area (Å²) in [5, 5.41) is 3.06. The van der Waals surface area contributed by atoms with Gasteiger partial charge in [0.2, 0.25) is 10.0 Å². The number of methoxy groups -OCH3 is 1. The van der Waals surface area contributed by atoms with Crippen molar-refractivity contribution in [1.82, 2.24) is 4.72 Å². The Hall–Kier alpha value is -2.87. The number of halogens is 1. The van der Waals surface area contributed by atoms with Crippen molar-refractivity contribution >= 4 is 33.2 Å². The molecule has 0 bridgehead atoms. The number of carbonyl (C=O) groups excluding carboxylic acids is 1. The molecule has 2 N–H and O–H groups in total. The van der Waals surface area contributed by atoms with Crippen LogP contribution in [-0.2, 0) is 16.4 Å². The third-order valence-corrected chi connectivity index (χ3v) is 6.20. The van der Waals surface area contributed by atoms with Gasteiger partial charge in [-0.1, -0.05) is 54.1 Å². The quantitative estimate of drug-likeness (QED) is 0.547. The second-order valence-corrected chi connectivity index (χ2v) is 8.58. The largest absolute Gasteiger partial charge is 0.495 e. The minimum atomic E-state index is -3.89. The molecule has 8 heteroatoms. The summed E-state index contributed by atoms with van der Waals surface area (Å²) in [6.07, 6.45) is 0.537. The topological polar surface area (TPSA) is 84.5 Å². The second-order valence-electron chi connectivity index (χ2n) is 6.43. The van der Waals surface area contributed by atoms with E-state index in [0.29, 0.717) is 17.1 Å². The van der Waals surface area contributed by atoms with Crippen molar-refractivity contribution in [2.24, 2.45) is 0 Å². The lowest BCUT2D eigenvalue weighted by Crippen LogP contribution is -2.27. The van der Waals surface area contributed by atoms with Crippen LogP contribution in [0.2, 0.25) is 5.02 Å². The first-order chi connectivity index (χ1) is 14.4. The number of sulfonamides is 1. The normalized spacial score (nSPS) is 11.1. The van der Waals surface area contributed by atoms with Crippen molar-refractivity contribution in [2.75, 3.05) is 19.0 Å². The van der Waals surface area contributed by atoms with Crippen LogP contribution in [0, 0.1) is 0 Å². The molecule has 30 heavy (non-hydrogen) atoms. The molecule has 0 unspecified atom stereocenters. The molecule has 1 amide bonds. The Morgan fingerprint density at radius 3 is 2.40 bits per heavy atom. The van der Waals surface area contributed by atoms with E-state index in [4.69, 9.17) is 16.3 Å². The van der Waals surface area contributed by atoms with Crippen LogP contribution in [0.15, 0.2) is 77.7 Å². The molecule has 0 spiro atoms. The standard InChI is InChI=1S/C22H21ClN2O4S/c1-29-20-12-11-17(22(26)25-19-10-6-5-9-18(19)23)15-21(20)30(27,28)24-14-13-16-7-3-2-4-8-16/h2-12,15,24H,13-14H2,1H3,(H,25,26). The number of anilines is 1. The molecule has 0 aliphatic rings. The van der Waals surface area contributed by atoms with Gasteiger partial charge in [0.15, 0.2) is 0 Å². The van der Waals surface area contributed by atoms with Crippen molar-refractivity contribution in [3.63, 3.8) is 0 Å². The summed E-state index contributed by atoms with van der Waals surface area (Å²) in [6, 6.07) is 20.6. The molecule has 0 radical (unpaired) electrons. The van der Waals surface area contributed by atoms with Gasteiger partial charge in [-0.2, -0.15) is 0 Å². The van der Waals surface area contributed by atoms with Crippen LogP contribution >= 0.6 is 11.6 Å². The highest BCUT2D eigenvalue weighted by atomic mass is 35.5. The monoisotopic (exact) mass is 444 g/mol. The zero-order chi connectivity index (χ0) is 21.6. The highest BCUT2D eigenvalue weighted by molar-refractivity contribution is 7.89. The maximum absolute atomic E-state index is 12.8. The van der Waals surface area contributed by atoms with Gasteiger partial charge in [-0.25, -0.2) is 13.1 Å². The van der Waals surface area contributed by atoms with E-state index in [1.54, 1.807) is 24.3 Å². The fourth-order valence-corrected chi connectivity index (χ4v) is 4.24. The first-order valence-electron chi connectivity index (χ1n) is 9.18. The minimum Gasteiger partial charge on any atom is -0.495 e. The average Bonchev–Trinajstić information content (AvgIpc) is 2.75. The van der Waals surface area contributed by atoms with Crippen LogP contribution in [0.3, 0.4) is 0 Å². The van der Waals surface area contributed by atoms with Crippen LogP contribution in [0.25, 0.3) is 0 Å². The van der Waals surface area contributed by atoms with Crippen molar-refractivity contribution in [1.29, 1.82) is 0 Å². The van der Waals surface area contributed by atoms with E-state index in [1.807, 2.05) is 30.3 Å². The van der Waals surface area contributed by atoms with Crippen LogP contribution in [0.5, 0.6) is 5.75 Å². The Kier molecular flexibility index (Phi) is 7.10. The van der Waals surface area contributed by atoms with E-state index < -0.39 is 15.9 Å². The Labute approximate surface area is 180 Å². The molecule has 3 rings (SSSR count). The Bertz CT molecular complexity index is 1130. The lowest BCUT2D eigenvalue weighted by molar-refractivity contribution is 0.102. The van der Waals surface area contributed by atoms with Crippen molar-refractivity contribution in [2.45, 2.75) is 11.3 Å². The maximum atomic E-state index is 12.8. The lowest BCUT2D eigenvalue weighted by Gasteiger charge is -2.13. The average molecular weight is 445 g/mol. The molecule has 0 fully saturated rings. The van der Waals surface area contributed by atoms with Crippen molar-refractivity contribution in [3.05, 3.63) is 88.9 Å². The number of para-hydroxylation sites is 1. The van der Waals surface area contributed by atoms with Gasteiger partial charge in [0, 0.05) is 12.1 Å². The number of hydrogen-bond donors (Lipinski definition) is 2. The van der Waals surface area contributed by atoms with Gasteiger partial charge >= 0.3 is 0 Å². The third kappa shape index (κ3) is 5.38. The van der Waals surface area contributed by atoms with E-state index in [-0.39, 0.29) is 22.8 Å². The molecule has 0 saturated heterocycles. The van der Waals surface area contributed by atoms with Crippen LogP contribution in [0.1, 0.15) is 15.9 Å². The Morgan fingerprint density at radius 1 is 1.00 bits per heavy atom. The number of rotatable bonds is 8. The first-order valence-corrected chi connectivity index (χ1v) is 11.0. The summed E-state index contributed by atoms with van der Waals surface area (Å²) in [7, 11) is -2.51. The molecular formula is C22H21ClN2O4S. The molecule has 0 atom stereocenters. The highest BCUT2D eigenvalue weighted by Gasteiger charge is 2.21. The fourth-order valence-electron chi connectivity index (χ4n) is 2.84. The molecule has 0 aromatic heterocycles. The number of nitrogens with one attached hydrogen (secondary N) is 2. The first kappa shape index (κ1) is 21.8. The van der Waals surface area contributed by atoms with E-state index in [2.05, 4.69) is 10.0 Å². The summed E-state index contributed by atoms with van der Waals surface area (Å²) >= 11 is 6.07. The second kappa shape index (κ2) is 9.75. The lowest BCUT2D eigenvalue weighted by atomic mass is 10.2. The Morgan fingerprint density at radius 2 is 1.70 bits per heavy atom. The van der Waals surface area contributed by atoms with E-state index in [9.17, 15) is 13.2 Å². The molecule has 3 aromatic rings. The molecule has 0 saturated carbocycles. The smallest absolute Gasteiger partial charge is 0.255 e. The number of amides is 1. The molecule has 156 valence electrons. The number of hydrogen-bond acceptors (Lipinski definition) is 4. The third-order valence-electron chi connectivity index (χ3n) is 4.39. The summed E-state index contributed by atoms with van der Waals surface area (Å²) in [6.45, 7) is 0.214. The minimum absolute atomic E-state index is 0.107. The molecule has 6 nitrogen and oxygen atoms in total. The number of benzene rings is 3. The van der Waals surface area contributed by atoms with Crippen molar-refractivity contribution < 1.29 is 17.9 Å². The zero-order valence-corrected chi connectivity index (χ0v) is 17.8. The fraction of sp³-hybridized carbons (Fsp3) is 0.136. The van der Waals surface area contributed by atoms with E-state index >= 15 is 0 Å². The van der Waals surface area contributed by atoms with Gasteiger partial charge in [0.25, 0.3) is 5.91 Å². The number of ether oxygens (including phenoxy) is 1. The summed E-state index contributed by atoms with van der Waals surface area (Å²) < 4.78 is 33.5. The SMILES string of the molecule is COc1ccc(C(=O)Nc2ccccc2Cl)cc1S(=O)(=O)NCCc1ccccc1. The molecule has 0 aliphatic carbocycles. The van der Waals surface area contributed by atoms with Gasteiger partial charge in [-0.05, 0) is 42.3 Å². The molecule has 3 aromatic carbocycles. The molecule has 0 aliphatic heterocycles. The summed E-state index contributed by atoms with van der Waals surface area (Å²) in [4.78, 5) is 12.5. The van der Waals surface area contributed by atoms with E-state index in [0.717, 1.165) is 5.56 Å². The van der Waals surface area contributed by atoms with E-state index in [1.165, 1.54) is 25.3 Å². The van der Waals surface area contributed by atoms with Crippen LogP contribution in [0.4, 0.5) is 5.69 Å². The van der Waals surface area contributed by atoms with Gasteiger partial charge in [0.05, 0.1) is 17.8 Å². The Balaban J connectivity index is 1.79. The predicted molar refractivity (Wildman–Crippen MR) is 118 cm³/mol. The molecule has 0 heterocycles. The zero-order valence-electron chi connectivity index (χ0n) is 16.3. The van der Waals surface area contributed by atoms with Gasteiger partial charge < -0.3 is 10.1 Å². The van der Waals surface area contributed by atoms with Crippen LogP contribution in [-0.4, -0.2) is 28.0 Å². The van der Waals surface area contributed by atoms with Crippen molar-refractivity contribution in [3.8, 4) is 5.75 Å². The van der Waals surface area contributed by atoms with Crippen LogP contribution < -0.4 is 14.8 Å².